The van der Waals surface area contributed by atoms with Gasteiger partial charge in [-0.25, -0.2) is 8.42 Å². The van der Waals surface area contributed by atoms with E-state index < -0.39 is 10.0 Å². The first-order chi connectivity index (χ1) is 12.5. The lowest BCUT2D eigenvalue weighted by Gasteiger charge is -2.13. The number of aromatic amines is 1. The molecule has 2 N–H and O–H groups in total. The van der Waals surface area contributed by atoms with Crippen LogP contribution in [0.2, 0.25) is 0 Å². The highest BCUT2D eigenvalue weighted by Crippen LogP contribution is 2.20. The van der Waals surface area contributed by atoms with Crippen molar-refractivity contribution in [2.75, 3.05) is 17.8 Å². The number of hydrogen-bond donors (Lipinski definition) is 2. The van der Waals surface area contributed by atoms with E-state index in [1.807, 2.05) is 12.1 Å². The van der Waals surface area contributed by atoms with Crippen molar-refractivity contribution in [2.24, 2.45) is 0 Å². The first kappa shape index (κ1) is 18.5. The normalized spacial score (nSPS) is 14.6. The van der Waals surface area contributed by atoms with Gasteiger partial charge < -0.3 is 9.88 Å². The van der Waals surface area contributed by atoms with Gasteiger partial charge >= 0.3 is 0 Å². The van der Waals surface area contributed by atoms with Crippen LogP contribution in [0.15, 0.2) is 41.4 Å². The maximum Gasteiger partial charge on any atom is 0.270 e. The van der Waals surface area contributed by atoms with E-state index in [4.69, 9.17) is 0 Å². The number of benzene rings is 1. The molecule has 1 aromatic carbocycles. The zero-order valence-electron chi connectivity index (χ0n) is 15.0. The summed E-state index contributed by atoms with van der Waals surface area (Å²) in [6, 6.07) is 8.81. The highest BCUT2D eigenvalue weighted by atomic mass is 32.2. The van der Waals surface area contributed by atoms with Gasteiger partial charge in [0, 0.05) is 25.0 Å². The Kier molecular flexibility index (Phi) is 5.66. The number of anilines is 1. The molecular weight excluding hydrogens is 350 g/mol. The van der Waals surface area contributed by atoms with Gasteiger partial charge in [-0.15, -0.1) is 0 Å². The molecule has 3 rings (SSSR count). The highest BCUT2D eigenvalue weighted by Gasteiger charge is 2.23. The van der Waals surface area contributed by atoms with Crippen molar-refractivity contribution in [3.63, 3.8) is 0 Å². The Morgan fingerprint density at radius 2 is 1.88 bits per heavy atom. The van der Waals surface area contributed by atoms with E-state index >= 15 is 0 Å². The first-order valence-electron chi connectivity index (χ1n) is 9.09. The van der Waals surface area contributed by atoms with E-state index in [0.717, 1.165) is 45.2 Å². The van der Waals surface area contributed by atoms with Crippen LogP contribution < -0.4 is 4.72 Å². The molecule has 0 atom stereocenters. The molecule has 1 amide bonds. The maximum atomic E-state index is 12.6. The molecular formula is C19H25N3O3S. The largest absolute Gasteiger partial charge is 0.356 e. The van der Waals surface area contributed by atoms with Crippen LogP contribution in [0.1, 0.15) is 48.7 Å². The van der Waals surface area contributed by atoms with Crippen molar-refractivity contribution in [2.45, 2.75) is 43.9 Å². The quantitative estimate of drug-likeness (QED) is 0.778. The molecule has 0 unspecified atom stereocenters. The topological polar surface area (TPSA) is 82.3 Å². The van der Waals surface area contributed by atoms with Gasteiger partial charge in [-0.2, -0.15) is 0 Å². The number of rotatable bonds is 7. The van der Waals surface area contributed by atoms with Crippen LogP contribution in [0.4, 0.5) is 5.69 Å². The Balaban J connectivity index is 1.69. The number of aromatic nitrogens is 1. The Labute approximate surface area is 154 Å². The van der Waals surface area contributed by atoms with Crippen molar-refractivity contribution in [1.29, 1.82) is 0 Å². The molecule has 2 aromatic rings. The van der Waals surface area contributed by atoms with E-state index in [0.29, 0.717) is 11.4 Å². The maximum absolute atomic E-state index is 12.6. The first-order valence-corrected chi connectivity index (χ1v) is 10.6. The number of nitrogens with zero attached hydrogens (tertiary/aromatic N) is 1. The summed E-state index contributed by atoms with van der Waals surface area (Å²) in [6.07, 6.45) is 6.58. The number of hydrogen-bond acceptors (Lipinski definition) is 3. The van der Waals surface area contributed by atoms with E-state index in [2.05, 4.69) is 16.6 Å². The van der Waals surface area contributed by atoms with E-state index in [9.17, 15) is 13.2 Å². The summed E-state index contributed by atoms with van der Waals surface area (Å²) in [7, 11) is -3.73. The van der Waals surface area contributed by atoms with Crippen LogP contribution in [-0.4, -0.2) is 37.3 Å². The monoisotopic (exact) mass is 375 g/mol. The lowest BCUT2D eigenvalue weighted by atomic mass is 10.1. The highest BCUT2D eigenvalue weighted by molar-refractivity contribution is 7.92. The molecule has 2 heterocycles. The summed E-state index contributed by atoms with van der Waals surface area (Å²) < 4.78 is 27.7. The molecule has 7 heteroatoms. The Morgan fingerprint density at radius 3 is 2.54 bits per heavy atom. The van der Waals surface area contributed by atoms with Crippen molar-refractivity contribution >= 4 is 21.6 Å². The molecule has 26 heavy (non-hydrogen) atoms. The number of H-pyrrole nitrogens is 1. The second-order valence-corrected chi connectivity index (χ2v) is 8.34. The predicted molar refractivity (Wildman–Crippen MR) is 102 cm³/mol. The minimum absolute atomic E-state index is 0.0649. The fourth-order valence-electron chi connectivity index (χ4n) is 3.08. The van der Waals surface area contributed by atoms with Crippen LogP contribution >= 0.6 is 0 Å². The molecule has 1 aromatic heterocycles. The standard InChI is InChI=1S/C19H25N3O3S/c1-2-3-6-15-7-9-16(10-8-15)21-26(24,25)17-13-18(20-14-17)19(23)22-11-4-5-12-22/h7-10,13-14,20-21H,2-6,11-12H2,1H3. The average Bonchev–Trinajstić information content (AvgIpc) is 3.32. The molecule has 1 aliphatic heterocycles. The molecule has 0 spiro atoms. The Morgan fingerprint density at radius 1 is 1.19 bits per heavy atom. The van der Waals surface area contributed by atoms with Gasteiger partial charge in [0.15, 0.2) is 0 Å². The molecule has 140 valence electrons. The van der Waals surface area contributed by atoms with Gasteiger partial charge in [0.2, 0.25) is 0 Å². The Hall–Kier alpha value is -2.28. The van der Waals surface area contributed by atoms with Crippen LogP contribution in [0.3, 0.4) is 0 Å². The average molecular weight is 375 g/mol. The van der Waals surface area contributed by atoms with Crippen LogP contribution in [0.5, 0.6) is 0 Å². The summed E-state index contributed by atoms with van der Waals surface area (Å²) in [5.74, 6) is -0.149. The van der Waals surface area contributed by atoms with Gasteiger partial charge in [-0.05, 0) is 49.4 Å². The van der Waals surface area contributed by atoms with E-state index in [-0.39, 0.29) is 10.8 Å². The summed E-state index contributed by atoms with van der Waals surface area (Å²) in [5, 5.41) is 0. The lowest BCUT2D eigenvalue weighted by Crippen LogP contribution is -2.27. The van der Waals surface area contributed by atoms with E-state index in [1.165, 1.54) is 17.8 Å². The molecule has 0 radical (unpaired) electrons. The third-order valence-electron chi connectivity index (χ3n) is 4.62. The van der Waals surface area contributed by atoms with Crippen LogP contribution in [-0.2, 0) is 16.4 Å². The molecule has 6 nitrogen and oxygen atoms in total. The number of nitrogens with one attached hydrogen (secondary N) is 2. The summed E-state index contributed by atoms with van der Waals surface area (Å²) >= 11 is 0. The lowest BCUT2D eigenvalue weighted by molar-refractivity contribution is 0.0787. The number of amides is 1. The zero-order valence-corrected chi connectivity index (χ0v) is 15.8. The molecule has 1 fully saturated rings. The summed E-state index contributed by atoms with van der Waals surface area (Å²) in [4.78, 5) is 17.0. The third kappa shape index (κ3) is 4.27. The van der Waals surface area contributed by atoms with Crippen molar-refractivity contribution < 1.29 is 13.2 Å². The van der Waals surface area contributed by atoms with Gasteiger partial charge in [0.1, 0.15) is 10.6 Å². The number of unbranched alkanes of at least 4 members (excludes halogenated alkanes) is 1. The predicted octanol–water partition coefficient (Wildman–Crippen LogP) is 3.39. The van der Waals surface area contributed by atoms with Crippen LogP contribution in [0.25, 0.3) is 0 Å². The third-order valence-corrected chi connectivity index (χ3v) is 5.98. The number of likely N-dealkylation sites (tertiary alicyclic amines) is 1. The number of aryl methyl sites for hydroxylation is 1. The van der Waals surface area contributed by atoms with Gasteiger partial charge in [-0.1, -0.05) is 25.5 Å². The molecule has 0 bridgehead atoms. The fraction of sp³-hybridized carbons (Fsp3) is 0.421. The fourth-order valence-corrected chi connectivity index (χ4v) is 4.13. The van der Waals surface area contributed by atoms with Crippen molar-refractivity contribution in [3.05, 3.63) is 47.8 Å². The molecule has 0 aliphatic carbocycles. The van der Waals surface area contributed by atoms with Crippen molar-refractivity contribution in [3.8, 4) is 0 Å². The second kappa shape index (κ2) is 7.95. The van der Waals surface area contributed by atoms with Crippen LogP contribution in [0, 0.1) is 0 Å². The second-order valence-electron chi connectivity index (χ2n) is 6.65. The molecule has 1 aliphatic rings. The molecule has 1 saturated heterocycles. The number of carbonyl (C=O) groups is 1. The Bertz CT molecular complexity index is 850. The smallest absolute Gasteiger partial charge is 0.270 e. The van der Waals surface area contributed by atoms with E-state index in [1.54, 1.807) is 17.0 Å². The zero-order chi connectivity index (χ0) is 18.6. The summed E-state index contributed by atoms with van der Waals surface area (Å²) in [5.41, 5.74) is 2.01. The minimum Gasteiger partial charge on any atom is -0.356 e. The van der Waals surface area contributed by atoms with Gasteiger partial charge in [0.05, 0.1) is 0 Å². The number of sulfonamides is 1. The SMILES string of the molecule is CCCCc1ccc(NS(=O)(=O)c2c[nH]c(C(=O)N3CCCC3)c2)cc1. The number of carbonyl (C=O) groups excluding carboxylic acids is 1. The minimum atomic E-state index is -3.73. The van der Waals surface area contributed by atoms with Crippen molar-refractivity contribution in [1.82, 2.24) is 9.88 Å². The molecule has 0 saturated carbocycles. The van der Waals surface area contributed by atoms with Gasteiger partial charge in [0.25, 0.3) is 15.9 Å². The van der Waals surface area contributed by atoms with Gasteiger partial charge in [-0.3, -0.25) is 9.52 Å². The summed E-state index contributed by atoms with van der Waals surface area (Å²) in [6.45, 7) is 3.59.